The SMILES string of the molecule is COc1ccc(Cc2ccc(OC)c(-c3nnc4sc(-c5ccc([N+](=O)[O-])cc5)nn34)c2)cc1-c1nnc2sc(-c3ccc([N+](=O)[O-])cc3)nn12. The van der Waals surface area contributed by atoms with Crippen molar-refractivity contribution in [3.05, 3.63) is 116 Å². The fourth-order valence-electron chi connectivity index (χ4n) is 5.57. The number of benzene rings is 4. The molecule has 0 fully saturated rings. The molecule has 18 heteroatoms. The van der Waals surface area contributed by atoms with Crippen molar-refractivity contribution >= 4 is 44.0 Å². The van der Waals surface area contributed by atoms with Crippen LogP contribution >= 0.6 is 22.7 Å². The highest BCUT2D eigenvalue weighted by Gasteiger charge is 2.21. The van der Waals surface area contributed by atoms with Crippen LogP contribution in [0.5, 0.6) is 11.5 Å². The van der Waals surface area contributed by atoms with Crippen molar-refractivity contribution in [2.75, 3.05) is 14.2 Å². The van der Waals surface area contributed by atoms with Gasteiger partial charge in [0.25, 0.3) is 11.4 Å². The molecule has 0 N–H and O–H groups in total. The van der Waals surface area contributed by atoms with Crippen LogP contribution in [0.25, 0.3) is 53.8 Å². The van der Waals surface area contributed by atoms with Gasteiger partial charge in [0.05, 0.1) is 35.2 Å². The van der Waals surface area contributed by atoms with Crippen LogP contribution in [-0.2, 0) is 6.42 Å². The second-order valence-corrected chi connectivity index (χ2v) is 13.0. The van der Waals surface area contributed by atoms with Gasteiger partial charge in [-0.25, -0.2) is 0 Å². The molecule has 0 saturated carbocycles. The molecule has 51 heavy (non-hydrogen) atoms. The number of hydrogen-bond acceptors (Lipinski definition) is 14. The molecule has 0 spiro atoms. The van der Waals surface area contributed by atoms with E-state index in [0.29, 0.717) is 60.6 Å². The summed E-state index contributed by atoms with van der Waals surface area (Å²) in [6.07, 6.45) is 0.536. The third-order valence-corrected chi connectivity index (χ3v) is 9.95. The van der Waals surface area contributed by atoms with Crippen LogP contribution in [0.1, 0.15) is 11.1 Å². The lowest BCUT2D eigenvalue weighted by atomic mass is 9.99. The molecule has 0 aliphatic carbocycles. The highest BCUT2D eigenvalue weighted by molar-refractivity contribution is 7.20. The van der Waals surface area contributed by atoms with Crippen molar-refractivity contribution in [2.45, 2.75) is 6.42 Å². The van der Waals surface area contributed by atoms with E-state index in [1.54, 1.807) is 47.5 Å². The lowest BCUT2D eigenvalue weighted by molar-refractivity contribution is -0.385. The molecule has 8 aromatic rings. The zero-order valence-corrected chi connectivity index (χ0v) is 28.2. The maximum Gasteiger partial charge on any atom is 0.269 e. The number of aromatic nitrogens is 8. The number of methoxy groups -OCH3 is 2. The fraction of sp³-hybridized carbons (Fsp3) is 0.0909. The number of nitro groups is 2. The Labute approximate surface area is 294 Å². The summed E-state index contributed by atoms with van der Waals surface area (Å²) in [4.78, 5) is 22.4. The number of rotatable bonds is 10. The summed E-state index contributed by atoms with van der Waals surface area (Å²) in [5.41, 5.74) is 4.76. The summed E-state index contributed by atoms with van der Waals surface area (Å²) >= 11 is 2.64. The zero-order valence-electron chi connectivity index (χ0n) is 26.5. The average Bonchev–Trinajstić information content (AvgIpc) is 3.93. The molecule has 4 heterocycles. The van der Waals surface area contributed by atoms with Gasteiger partial charge in [0, 0.05) is 35.4 Å². The minimum absolute atomic E-state index is 0.000317. The summed E-state index contributed by atoms with van der Waals surface area (Å²) in [5.74, 6) is 2.15. The van der Waals surface area contributed by atoms with E-state index in [9.17, 15) is 20.2 Å². The van der Waals surface area contributed by atoms with Crippen LogP contribution in [-0.4, -0.2) is 63.7 Å². The first kappa shape index (κ1) is 31.6. The van der Waals surface area contributed by atoms with E-state index < -0.39 is 9.85 Å². The Morgan fingerprint density at radius 3 is 1.39 bits per heavy atom. The van der Waals surface area contributed by atoms with Gasteiger partial charge in [-0.05, 0) is 66.1 Å². The van der Waals surface area contributed by atoms with E-state index in [2.05, 4.69) is 20.4 Å². The molecule has 0 atom stereocenters. The Morgan fingerprint density at radius 2 is 1.02 bits per heavy atom. The summed E-state index contributed by atoms with van der Waals surface area (Å²) < 4.78 is 14.7. The summed E-state index contributed by atoms with van der Waals surface area (Å²) in [6, 6.07) is 24.1. The minimum Gasteiger partial charge on any atom is -0.496 e. The molecule has 0 aliphatic rings. The van der Waals surface area contributed by atoms with Gasteiger partial charge >= 0.3 is 0 Å². The number of fused-ring (bicyclic) bond motifs is 2. The molecule has 0 unspecified atom stereocenters. The normalized spacial score (nSPS) is 11.3. The fourth-order valence-corrected chi connectivity index (χ4v) is 7.26. The van der Waals surface area contributed by atoms with Crippen LogP contribution in [0.15, 0.2) is 84.9 Å². The lowest BCUT2D eigenvalue weighted by Crippen LogP contribution is -1.99. The maximum atomic E-state index is 11.1. The molecule has 0 saturated heterocycles. The summed E-state index contributed by atoms with van der Waals surface area (Å²) in [7, 11) is 3.17. The maximum absolute atomic E-state index is 11.1. The first-order chi connectivity index (χ1) is 24.8. The summed E-state index contributed by atoms with van der Waals surface area (Å²) in [5, 5.41) is 50.4. The monoisotopic (exact) mass is 718 g/mol. The summed E-state index contributed by atoms with van der Waals surface area (Å²) in [6.45, 7) is 0. The molecule has 0 aliphatic heterocycles. The molecular formula is C33H22N10O6S2. The van der Waals surface area contributed by atoms with Crippen molar-refractivity contribution in [3.63, 3.8) is 0 Å². The number of nitrogens with zero attached hydrogens (tertiary/aromatic N) is 10. The molecule has 8 rings (SSSR count). The largest absolute Gasteiger partial charge is 0.496 e. The van der Waals surface area contributed by atoms with Gasteiger partial charge in [-0.2, -0.15) is 19.2 Å². The van der Waals surface area contributed by atoms with Crippen LogP contribution in [0.2, 0.25) is 0 Å². The number of non-ortho nitro benzene ring substituents is 2. The van der Waals surface area contributed by atoms with Crippen LogP contribution in [0.4, 0.5) is 11.4 Å². The van der Waals surface area contributed by atoms with E-state index >= 15 is 0 Å². The third kappa shape index (κ3) is 5.77. The standard InChI is InChI=1S/C33H22N10O6S2/c1-48-26-13-3-18(16-24(26)28-34-36-32-40(28)38-30(50-32)20-5-9-22(10-6-20)42(44)45)15-19-4-14-27(49-2)25(17-19)29-35-37-33-41(29)39-31(51-33)21-7-11-23(12-8-21)43(46)47/h3-14,16-17H,15H2,1-2H3. The van der Waals surface area contributed by atoms with Gasteiger partial charge in [0.2, 0.25) is 9.92 Å². The second-order valence-electron chi connectivity index (χ2n) is 11.1. The number of ether oxygens (including phenoxy) is 2. The van der Waals surface area contributed by atoms with Crippen LogP contribution < -0.4 is 9.47 Å². The van der Waals surface area contributed by atoms with E-state index in [4.69, 9.17) is 19.7 Å². The molecule has 4 aromatic carbocycles. The van der Waals surface area contributed by atoms with Crippen LogP contribution in [0.3, 0.4) is 0 Å². The average molecular weight is 719 g/mol. The minimum atomic E-state index is -0.442. The van der Waals surface area contributed by atoms with E-state index in [-0.39, 0.29) is 11.4 Å². The Morgan fingerprint density at radius 1 is 0.608 bits per heavy atom. The first-order valence-electron chi connectivity index (χ1n) is 15.1. The van der Waals surface area contributed by atoms with Crippen molar-refractivity contribution < 1.29 is 19.3 Å². The zero-order chi connectivity index (χ0) is 35.2. The predicted molar refractivity (Wildman–Crippen MR) is 188 cm³/mol. The van der Waals surface area contributed by atoms with Crippen LogP contribution in [0, 0.1) is 20.2 Å². The topological polar surface area (TPSA) is 191 Å². The second kappa shape index (κ2) is 12.7. The van der Waals surface area contributed by atoms with Crippen molar-refractivity contribution in [1.29, 1.82) is 0 Å². The quantitative estimate of drug-likeness (QED) is 0.107. The Kier molecular flexibility index (Phi) is 7.84. The van der Waals surface area contributed by atoms with Gasteiger partial charge in [0.1, 0.15) is 21.5 Å². The van der Waals surface area contributed by atoms with E-state index in [1.165, 1.54) is 46.9 Å². The van der Waals surface area contributed by atoms with Crippen molar-refractivity contribution in [2.24, 2.45) is 0 Å². The highest BCUT2D eigenvalue weighted by atomic mass is 32.1. The molecule has 4 aromatic heterocycles. The number of hydrogen-bond donors (Lipinski definition) is 0. The Hall–Kier alpha value is -6.66. The van der Waals surface area contributed by atoms with Gasteiger partial charge < -0.3 is 9.47 Å². The van der Waals surface area contributed by atoms with Gasteiger partial charge in [-0.15, -0.1) is 20.4 Å². The molecule has 0 amide bonds. The van der Waals surface area contributed by atoms with Gasteiger partial charge in [0.15, 0.2) is 11.6 Å². The highest BCUT2D eigenvalue weighted by Crippen LogP contribution is 2.36. The Balaban J connectivity index is 1.11. The third-order valence-electron chi connectivity index (χ3n) is 8.05. The van der Waals surface area contributed by atoms with E-state index in [0.717, 1.165) is 22.3 Å². The number of nitro benzene ring substituents is 2. The molecule has 0 radical (unpaired) electrons. The molecule has 0 bridgehead atoms. The molecule has 252 valence electrons. The first-order valence-corrected chi connectivity index (χ1v) is 16.7. The van der Waals surface area contributed by atoms with E-state index in [1.807, 2.05) is 36.4 Å². The Bertz CT molecular complexity index is 2430. The smallest absolute Gasteiger partial charge is 0.269 e. The molecular weight excluding hydrogens is 697 g/mol. The van der Waals surface area contributed by atoms with Gasteiger partial charge in [-0.3, -0.25) is 20.2 Å². The lowest BCUT2D eigenvalue weighted by Gasteiger charge is -2.11. The predicted octanol–water partition coefficient (Wildman–Crippen LogP) is 6.78. The van der Waals surface area contributed by atoms with Crippen molar-refractivity contribution in [3.8, 4) is 55.4 Å². The van der Waals surface area contributed by atoms with Crippen molar-refractivity contribution in [1.82, 2.24) is 39.6 Å². The van der Waals surface area contributed by atoms with Gasteiger partial charge in [-0.1, -0.05) is 34.8 Å². The molecule has 16 nitrogen and oxygen atoms in total.